The zero-order valence-electron chi connectivity index (χ0n) is 16.0. The minimum Gasteiger partial charge on any atom is -0.481 e. The smallest absolute Gasteiger partial charge is 0.310 e. The highest BCUT2D eigenvalue weighted by Crippen LogP contribution is 2.30. The summed E-state index contributed by atoms with van der Waals surface area (Å²) in [6.45, 7) is 3.51. The van der Waals surface area contributed by atoms with E-state index in [2.05, 4.69) is 0 Å². The second kappa shape index (κ2) is 8.38. The van der Waals surface area contributed by atoms with Crippen molar-refractivity contribution in [3.05, 3.63) is 35.6 Å². The van der Waals surface area contributed by atoms with E-state index in [4.69, 9.17) is 0 Å². The van der Waals surface area contributed by atoms with Gasteiger partial charge in [-0.3, -0.25) is 14.5 Å². The van der Waals surface area contributed by atoms with E-state index >= 15 is 0 Å². The fourth-order valence-corrected chi connectivity index (χ4v) is 4.25. The molecule has 1 N–H and O–H groups in total. The number of benzene rings is 1. The van der Waals surface area contributed by atoms with Crippen molar-refractivity contribution >= 4 is 11.9 Å². The van der Waals surface area contributed by atoms with Gasteiger partial charge in [-0.2, -0.15) is 0 Å². The lowest BCUT2D eigenvalue weighted by Gasteiger charge is -2.35. The van der Waals surface area contributed by atoms with Gasteiger partial charge in [0.05, 0.1) is 12.0 Å². The third-order valence-corrected chi connectivity index (χ3v) is 6.03. The van der Waals surface area contributed by atoms with Crippen LogP contribution >= 0.6 is 0 Å². The van der Waals surface area contributed by atoms with E-state index < -0.39 is 11.4 Å². The van der Waals surface area contributed by atoms with Crippen molar-refractivity contribution in [2.45, 2.75) is 58.0 Å². The Morgan fingerprint density at radius 1 is 1.22 bits per heavy atom. The lowest BCUT2D eigenvalue weighted by molar-refractivity contribution is -0.147. The van der Waals surface area contributed by atoms with E-state index in [0.717, 1.165) is 31.2 Å². The summed E-state index contributed by atoms with van der Waals surface area (Å²) < 4.78 is 13.2. The standard InChI is InChI=1S/C21H29FN2O3/c1-21(20(26)27)11-12-23(15-21)14-19(25)24(18-5-3-2-4-6-18)13-16-7-9-17(22)10-8-16/h7-10,18H,2-6,11-15H2,1H3,(H,26,27). The molecule has 0 aromatic heterocycles. The maximum Gasteiger partial charge on any atom is 0.310 e. The Hall–Kier alpha value is -1.95. The van der Waals surface area contributed by atoms with Gasteiger partial charge in [0.15, 0.2) is 0 Å². The largest absolute Gasteiger partial charge is 0.481 e. The topological polar surface area (TPSA) is 60.9 Å². The first kappa shape index (κ1) is 19.8. The molecule has 1 aromatic carbocycles. The first-order chi connectivity index (χ1) is 12.9. The van der Waals surface area contributed by atoms with Gasteiger partial charge in [-0.15, -0.1) is 0 Å². The number of carbonyl (C=O) groups is 2. The second-order valence-corrected chi connectivity index (χ2v) is 8.27. The fraction of sp³-hybridized carbons (Fsp3) is 0.619. The highest BCUT2D eigenvalue weighted by Gasteiger charge is 2.41. The number of carboxylic acid groups (broad SMARTS) is 1. The summed E-state index contributed by atoms with van der Waals surface area (Å²) in [5.74, 6) is -1.03. The van der Waals surface area contributed by atoms with Crippen LogP contribution in [0.1, 0.15) is 51.0 Å². The molecule has 2 aliphatic rings. The molecular formula is C21H29FN2O3. The molecule has 1 heterocycles. The van der Waals surface area contributed by atoms with Crippen LogP contribution in [-0.2, 0) is 16.1 Å². The molecule has 148 valence electrons. The molecule has 1 aliphatic carbocycles. The predicted molar refractivity (Wildman–Crippen MR) is 101 cm³/mol. The van der Waals surface area contributed by atoms with E-state index in [0.29, 0.717) is 26.1 Å². The molecule has 1 aromatic rings. The van der Waals surface area contributed by atoms with Crippen LogP contribution in [0, 0.1) is 11.2 Å². The molecule has 27 heavy (non-hydrogen) atoms. The van der Waals surface area contributed by atoms with Gasteiger partial charge in [-0.1, -0.05) is 31.4 Å². The molecule has 6 heteroatoms. The monoisotopic (exact) mass is 376 g/mol. The number of carboxylic acids is 1. The van der Waals surface area contributed by atoms with Gasteiger partial charge in [0.25, 0.3) is 0 Å². The van der Waals surface area contributed by atoms with Gasteiger partial charge in [0.1, 0.15) is 5.82 Å². The number of amides is 1. The first-order valence-corrected chi connectivity index (χ1v) is 9.87. The molecule has 5 nitrogen and oxygen atoms in total. The lowest BCUT2D eigenvalue weighted by atomic mass is 9.90. The lowest BCUT2D eigenvalue weighted by Crippen LogP contribution is -2.46. The second-order valence-electron chi connectivity index (χ2n) is 8.27. The van der Waals surface area contributed by atoms with Gasteiger partial charge in [-0.25, -0.2) is 4.39 Å². The highest BCUT2D eigenvalue weighted by molar-refractivity contribution is 5.79. The van der Waals surface area contributed by atoms with Crippen LogP contribution < -0.4 is 0 Å². The average molecular weight is 376 g/mol. The molecule has 1 saturated heterocycles. The van der Waals surface area contributed by atoms with Crippen molar-refractivity contribution in [1.29, 1.82) is 0 Å². The number of rotatable bonds is 6. The molecule has 2 fully saturated rings. The number of nitrogens with zero attached hydrogens (tertiary/aromatic N) is 2. The van der Waals surface area contributed by atoms with Crippen LogP contribution in [0.2, 0.25) is 0 Å². The summed E-state index contributed by atoms with van der Waals surface area (Å²) in [7, 11) is 0. The summed E-state index contributed by atoms with van der Waals surface area (Å²) in [5, 5.41) is 9.40. The van der Waals surface area contributed by atoms with Crippen molar-refractivity contribution < 1.29 is 19.1 Å². The number of hydrogen-bond donors (Lipinski definition) is 1. The van der Waals surface area contributed by atoms with E-state index in [1.54, 1.807) is 19.1 Å². The first-order valence-electron chi connectivity index (χ1n) is 9.87. The van der Waals surface area contributed by atoms with Crippen LogP contribution in [0.3, 0.4) is 0 Å². The Balaban J connectivity index is 1.68. The number of aliphatic carboxylic acids is 1. The Bertz CT molecular complexity index is 673. The molecule has 1 saturated carbocycles. The molecule has 1 aliphatic heterocycles. The minimum absolute atomic E-state index is 0.0425. The normalized spacial score (nSPS) is 24.1. The van der Waals surface area contributed by atoms with Crippen molar-refractivity contribution in [3.63, 3.8) is 0 Å². The molecule has 1 atom stereocenters. The van der Waals surface area contributed by atoms with Gasteiger partial charge in [0.2, 0.25) is 5.91 Å². The van der Waals surface area contributed by atoms with E-state index in [1.165, 1.54) is 18.6 Å². The van der Waals surface area contributed by atoms with Gasteiger partial charge >= 0.3 is 5.97 Å². The summed E-state index contributed by atoms with van der Waals surface area (Å²) in [5.41, 5.74) is 0.152. The zero-order valence-corrected chi connectivity index (χ0v) is 16.0. The van der Waals surface area contributed by atoms with Crippen LogP contribution in [0.15, 0.2) is 24.3 Å². The molecule has 0 radical (unpaired) electrons. The number of carbonyl (C=O) groups excluding carboxylic acids is 1. The Kier molecular flexibility index (Phi) is 6.15. The van der Waals surface area contributed by atoms with E-state index in [-0.39, 0.29) is 24.3 Å². The average Bonchev–Trinajstić information content (AvgIpc) is 3.04. The predicted octanol–water partition coefficient (Wildman–Crippen LogP) is 3.28. The highest BCUT2D eigenvalue weighted by atomic mass is 19.1. The number of hydrogen-bond acceptors (Lipinski definition) is 3. The molecule has 1 amide bonds. The van der Waals surface area contributed by atoms with E-state index in [9.17, 15) is 19.1 Å². The summed E-state index contributed by atoms with van der Waals surface area (Å²) >= 11 is 0. The SMILES string of the molecule is CC1(C(=O)O)CCN(CC(=O)N(Cc2ccc(F)cc2)C2CCCCC2)C1. The number of halogens is 1. The third-order valence-electron chi connectivity index (χ3n) is 6.03. The van der Waals surface area contributed by atoms with Crippen LogP contribution in [0.4, 0.5) is 4.39 Å². The summed E-state index contributed by atoms with van der Waals surface area (Å²) in [6, 6.07) is 6.53. The zero-order chi connectivity index (χ0) is 19.4. The third kappa shape index (κ3) is 4.86. The molecule has 3 rings (SSSR count). The van der Waals surface area contributed by atoms with Crippen LogP contribution in [0.5, 0.6) is 0 Å². The van der Waals surface area contributed by atoms with Crippen molar-refractivity contribution in [2.24, 2.45) is 5.41 Å². The molecule has 0 spiro atoms. The molecule has 1 unspecified atom stereocenters. The van der Waals surface area contributed by atoms with E-state index in [1.807, 2.05) is 9.80 Å². The number of likely N-dealkylation sites (tertiary alicyclic amines) is 1. The van der Waals surface area contributed by atoms with Crippen molar-refractivity contribution in [3.8, 4) is 0 Å². The van der Waals surface area contributed by atoms with Crippen LogP contribution in [-0.4, -0.2) is 52.5 Å². The Morgan fingerprint density at radius 2 is 1.89 bits per heavy atom. The van der Waals surface area contributed by atoms with Gasteiger partial charge in [0, 0.05) is 19.1 Å². The quantitative estimate of drug-likeness (QED) is 0.828. The van der Waals surface area contributed by atoms with Gasteiger partial charge < -0.3 is 10.0 Å². The summed E-state index contributed by atoms with van der Waals surface area (Å²) in [4.78, 5) is 28.5. The Morgan fingerprint density at radius 3 is 2.48 bits per heavy atom. The molecular weight excluding hydrogens is 347 g/mol. The van der Waals surface area contributed by atoms with Crippen molar-refractivity contribution in [1.82, 2.24) is 9.80 Å². The van der Waals surface area contributed by atoms with Crippen LogP contribution in [0.25, 0.3) is 0 Å². The van der Waals surface area contributed by atoms with Gasteiger partial charge in [-0.05, 0) is 50.4 Å². The maximum absolute atomic E-state index is 13.2. The minimum atomic E-state index is -0.798. The maximum atomic E-state index is 13.2. The molecule has 0 bridgehead atoms. The Labute approximate surface area is 160 Å². The van der Waals surface area contributed by atoms with Crippen molar-refractivity contribution in [2.75, 3.05) is 19.6 Å². The summed E-state index contributed by atoms with van der Waals surface area (Å²) in [6.07, 6.45) is 6.02. The fourth-order valence-electron chi connectivity index (χ4n) is 4.25.